The number of rotatable bonds is 3. The average molecular weight is 436 g/mol. The van der Waals surface area contributed by atoms with Gasteiger partial charge in [0, 0.05) is 27.2 Å². The zero-order valence-electron chi connectivity index (χ0n) is 14.1. The monoisotopic (exact) mass is 435 g/mol. The fraction of sp³-hybridized carbons (Fsp3) is 0.211. The third-order valence-electron chi connectivity index (χ3n) is 4.26. The van der Waals surface area contributed by atoms with Gasteiger partial charge in [-0.3, -0.25) is 4.79 Å². The summed E-state index contributed by atoms with van der Waals surface area (Å²) < 4.78 is 0. The Kier molecular flexibility index (Phi) is 5.78. The van der Waals surface area contributed by atoms with E-state index in [1.54, 1.807) is 17.8 Å². The van der Waals surface area contributed by atoms with Crippen molar-refractivity contribution in [2.24, 2.45) is 16.1 Å². The minimum atomic E-state index is -0.0505. The highest BCUT2D eigenvalue weighted by Crippen LogP contribution is 2.41. The fourth-order valence-corrected chi connectivity index (χ4v) is 5.49. The predicted octanol–water partition coefficient (Wildman–Crippen LogP) is 4.88. The summed E-state index contributed by atoms with van der Waals surface area (Å²) in [5.41, 5.74) is 3.01. The van der Waals surface area contributed by atoms with Crippen LogP contribution >= 0.6 is 46.7 Å². The Morgan fingerprint density at radius 2 is 1.93 bits per heavy atom. The van der Waals surface area contributed by atoms with Gasteiger partial charge in [-0.1, -0.05) is 65.3 Å². The molecule has 1 atom stereocenters. The molecule has 4 nitrogen and oxygen atoms in total. The summed E-state index contributed by atoms with van der Waals surface area (Å²) in [4.78, 5) is 12.4. The molecule has 0 radical (unpaired) electrons. The molecule has 0 saturated carbocycles. The van der Waals surface area contributed by atoms with Gasteiger partial charge in [0.1, 0.15) is 0 Å². The fourth-order valence-electron chi connectivity index (χ4n) is 3.05. The van der Waals surface area contributed by atoms with Crippen LogP contribution < -0.4 is 5.32 Å². The third kappa shape index (κ3) is 4.35. The van der Waals surface area contributed by atoms with Gasteiger partial charge in [0.05, 0.1) is 16.5 Å². The topological polar surface area (TPSA) is 53.8 Å². The number of thioether (sulfide) groups is 2. The van der Waals surface area contributed by atoms with Crippen molar-refractivity contribution >= 4 is 63.5 Å². The number of carbonyl (C=O) groups is 1. The van der Waals surface area contributed by atoms with E-state index in [0.717, 1.165) is 28.3 Å². The maximum absolute atomic E-state index is 11.4. The number of nitrogens with zero attached hydrogens (tertiary/aromatic N) is 2. The van der Waals surface area contributed by atoms with Crippen molar-refractivity contribution in [2.45, 2.75) is 11.3 Å². The molecule has 1 fully saturated rings. The molecule has 0 bridgehead atoms. The molecule has 1 amide bonds. The maximum atomic E-state index is 11.4. The lowest BCUT2D eigenvalue weighted by Crippen LogP contribution is -2.26. The van der Waals surface area contributed by atoms with E-state index in [1.807, 2.05) is 24.3 Å². The molecule has 8 heteroatoms. The number of amides is 1. The molecule has 1 N–H and O–H groups in total. The number of halogens is 2. The van der Waals surface area contributed by atoms with Crippen LogP contribution in [-0.2, 0) is 11.2 Å². The molecule has 2 heterocycles. The Labute approximate surface area is 175 Å². The van der Waals surface area contributed by atoms with E-state index in [4.69, 9.17) is 23.2 Å². The summed E-state index contributed by atoms with van der Waals surface area (Å²) >= 11 is 15.7. The Morgan fingerprint density at radius 3 is 2.67 bits per heavy atom. The van der Waals surface area contributed by atoms with Crippen molar-refractivity contribution in [3.63, 3.8) is 0 Å². The highest BCUT2D eigenvalue weighted by Gasteiger charge is 2.29. The van der Waals surface area contributed by atoms with Crippen LogP contribution in [0, 0.1) is 5.92 Å². The van der Waals surface area contributed by atoms with Gasteiger partial charge < -0.3 is 5.32 Å². The molecule has 0 aromatic heterocycles. The minimum Gasteiger partial charge on any atom is -0.303 e. The zero-order chi connectivity index (χ0) is 18.8. The smallest absolute Gasteiger partial charge is 0.236 e. The Bertz CT molecular complexity index is 947. The Balaban J connectivity index is 1.73. The second-order valence-electron chi connectivity index (χ2n) is 6.19. The average Bonchev–Trinajstić information content (AvgIpc) is 3.06. The van der Waals surface area contributed by atoms with Crippen molar-refractivity contribution in [3.05, 3.63) is 63.6 Å². The second-order valence-corrected chi connectivity index (χ2v) is 9.03. The first-order chi connectivity index (χ1) is 13.1. The molecule has 4 rings (SSSR count). The van der Waals surface area contributed by atoms with Crippen LogP contribution in [0.5, 0.6) is 0 Å². The number of hydrogen-bond donors (Lipinski definition) is 1. The van der Waals surface area contributed by atoms with Gasteiger partial charge in [-0.2, -0.15) is 5.10 Å². The van der Waals surface area contributed by atoms with Crippen LogP contribution in [0.25, 0.3) is 0 Å². The molecule has 2 aliphatic rings. The van der Waals surface area contributed by atoms with Gasteiger partial charge in [-0.05, 0) is 24.1 Å². The second kappa shape index (κ2) is 8.27. The SMILES string of the molecule is O=C1CSC(=NN=C2c3cc(Cl)cc(Cl)c3SCC2Cc2ccccc2)N1. The summed E-state index contributed by atoms with van der Waals surface area (Å²) in [6.07, 6.45) is 0.848. The highest BCUT2D eigenvalue weighted by atomic mass is 35.5. The van der Waals surface area contributed by atoms with Gasteiger partial charge in [-0.15, -0.1) is 16.9 Å². The lowest BCUT2D eigenvalue weighted by atomic mass is 9.91. The van der Waals surface area contributed by atoms with Gasteiger partial charge >= 0.3 is 0 Å². The third-order valence-corrected chi connectivity index (χ3v) is 7.05. The van der Waals surface area contributed by atoms with Crippen molar-refractivity contribution in [1.29, 1.82) is 0 Å². The van der Waals surface area contributed by atoms with E-state index < -0.39 is 0 Å². The molecular weight excluding hydrogens is 421 g/mol. The summed E-state index contributed by atoms with van der Waals surface area (Å²) in [6.45, 7) is 0. The van der Waals surface area contributed by atoms with Gasteiger partial charge in [0.25, 0.3) is 0 Å². The molecule has 0 spiro atoms. The normalized spacial score (nSPS) is 22.1. The first kappa shape index (κ1) is 18.9. The minimum absolute atomic E-state index is 0.0505. The van der Waals surface area contributed by atoms with E-state index in [0.29, 0.717) is 21.0 Å². The summed E-state index contributed by atoms with van der Waals surface area (Å²) in [7, 11) is 0. The van der Waals surface area contributed by atoms with E-state index in [-0.39, 0.29) is 11.8 Å². The number of fused-ring (bicyclic) bond motifs is 1. The van der Waals surface area contributed by atoms with Crippen molar-refractivity contribution in [2.75, 3.05) is 11.5 Å². The Hall–Kier alpha value is -1.47. The number of amidine groups is 1. The largest absolute Gasteiger partial charge is 0.303 e. The van der Waals surface area contributed by atoms with Gasteiger partial charge in [0.2, 0.25) is 5.91 Å². The van der Waals surface area contributed by atoms with E-state index in [1.165, 1.54) is 17.3 Å². The van der Waals surface area contributed by atoms with Gasteiger partial charge in [-0.25, -0.2) is 0 Å². The van der Waals surface area contributed by atoms with Crippen LogP contribution in [0.3, 0.4) is 0 Å². The number of benzene rings is 2. The number of carbonyl (C=O) groups excluding carboxylic acids is 1. The quantitative estimate of drug-likeness (QED) is 0.698. The first-order valence-electron chi connectivity index (χ1n) is 8.34. The van der Waals surface area contributed by atoms with E-state index in [9.17, 15) is 4.79 Å². The molecule has 2 aliphatic heterocycles. The molecule has 138 valence electrons. The lowest BCUT2D eigenvalue weighted by Gasteiger charge is -2.26. The molecule has 27 heavy (non-hydrogen) atoms. The van der Waals surface area contributed by atoms with Crippen LogP contribution in [0.4, 0.5) is 0 Å². The molecule has 2 aromatic carbocycles. The van der Waals surface area contributed by atoms with Gasteiger partial charge in [0.15, 0.2) is 5.17 Å². The zero-order valence-corrected chi connectivity index (χ0v) is 17.3. The molecule has 1 unspecified atom stereocenters. The van der Waals surface area contributed by atoms with E-state index >= 15 is 0 Å². The predicted molar refractivity (Wildman–Crippen MR) is 115 cm³/mol. The summed E-state index contributed by atoms with van der Waals surface area (Å²) in [5.74, 6) is 1.35. The lowest BCUT2D eigenvalue weighted by molar-refractivity contribution is -0.116. The van der Waals surface area contributed by atoms with Crippen molar-refractivity contribution in [1.82, 2.24) is 5.32 Å². The van der Waals surface area contributed by atoms with E-state index in [2.05, 4.69) is 27.7 Å². The standard InChI is InChI=1S/C19H15Cl2N3OS2/c20-13-7-14-17(23-24-19-22-16(25)10-27-19)12(6-11-4-2-1-3-5-11)9-26-18(14)15(21)8-13/h1-5,7-8,12H,6,9-10H2,(H,22,24,25). The maximum Gasteiger partial charge on any atom is 0.236 e. The molecule has 1 saturated heterocycles. The van der Waals surface area contributed by atoms with Crippen LogP contribution in [0.15, 0.2) is 57.6 Å². The summed E-state index contributed by atoms with van der Waals surface area (Å²) in [5, 5.41) is 13.3. The molecule has 2 aromatic rings. The Morgan fingerprint density at radius 1 is 1.11 bits per heavy atom. The molecular formula is C19H15Cl2N3OS2. The van der Waals surface area contributed by atoms with Crippen molar-refractivity contribution in [3.8, 4) is 0 Å². The van der Waals surface area contributed by atoms with Crippen LogP contribution in [0.1, 0.15) is 11.1 Å². The van der Waals surface area contributed by atoms with Crippen LogP contribution in [0.2, 0.25) is 10.0 Å². The molecule has 0 aliphatic carbocycles. The highest BCUT2D eigenvalue weighted by molar-refractivity contribution is 8.15. The first-order valence-corrected chi connectivity index (χ1v) is 11.1. The number of nitrogens with one attached hydrogen (secondary N) is 1. The van der Waals surface area contributed by atoms with Crippen molar-refractivity contribution < 1.29 is 4.79 Å². The number of hydrogen-bond acceptors (Lipinski definition) is 5. The summed E-state index contributed by atoms with van der Waals surface area (Å²) in [6, 6.07) is 14.0. The van der Waals surface area contributed by atoms with Crippen LogP contribution in [-0.4, -0.2) is 28.3 Å².